The van der Waals surface area contributed by atoms with Gasteiger partial charge < -0.3 is 5.11 Å². The Hall–Kier alpha value is -0.670. The van der Waals surface area contributed by atoms with Gasteiger partial charge in [0.1, 0.15) is 11.5 Å². The summed E-state index contributed by atoms with van der Waals surface area (Å²) in [5.41, 5.74) is 0.0226. The minimum Gasteiger partial charge on any atom is -0.387 e. The summed E-state index contributed by atoms with van der Waals surface area (Å²) in [5, 5.41) is 9.18. The molecule has 0 spiro atoms. The maximum Gasteiger partial charge on any atom is 0.148 e. The molecule has 0 fully saturated rings. The summed E-state index contributed by atoms with van der Waals surface area (Å²) >= 11 is 5.44. The van der Waals surface area contributed by atoms with Gasteiger partial charge in [0.05, 0.1) is 11.1 Å². The standard InChI is InChI=1S/C7H7ClFNO/c1-4(11)7-6(9)2-5(8)3-10-7/h2-4,11H,1H3/t4-/m0/s1. The van der Waals surface area contributed by atoms with E-state index in [4.69, 9.17) is 16.7 Å². The van der Waals surface area contributed by atoms with Gasteiger partial charge in [-0.15, -0.1) is 0 Å². The van der Waals surface area contributed by atoms with E-state index in [0.29, 0.717) is 0 Å². The van der Waals surface area contributed by atoms with E-state index < -0.39 is 11.9 Å². The summed E-state index contributed by atoms with van der Waals surface area (Å²) in [6, 6.07) is 1.12. The second kappa shape index (κ2) is 3.15. The van der Waals surface area contributed by atoms with E-state index in [0.717, 1.165) is 6.07 Å². The third kappa shape index (κ3) is 1.88. The second-order valence-corrected chi connectivity index (χ2v) is 2.63. The highest BCUT2D eigenvalue weighted by molar-refractivity contribution is 6.30. The lowest BCUT2D eigenvalue weighted by Crippen LogP contribution is -1.98. The van der Waals surface area contributed by atoms with Crippen molar-refractivity contribution in [3.63, 3.8) is 0 Å². The van der Waals surface area contributed by atoms with Crippen molar-refractivity contribution >= 4 is 11.6 Å². The van der Waals surface area contributed by atoms with Gasteiger partial charge in [0.15, 0.2) is 0 Å². The van der Waals surface area contributed by atoms with Gasteiger partial charge in [-0.05, 0) is 13.0 Å². The van der Waals surface area contributed by atoms with E-state index in [-0.39, 0.29) is 10.7 Å². The van der Waals surface area contributed by atoms with Crippen LogP contribution in [0.1, 0.15) is 18.7 Å². The molecule has 1 aromatic rings. The van der Waals surface area contributed by atoms with Crippen molar-refractivity contribution in [2.24, 2.45) is 0 Å². The maximum absolute atomic E-state index is 12.8. The quantitative estimate of drug-likeness (QED) is 0.708. The van der Waals surface area contributed by atoms with Crippen molar-refractivity contribution in [3.8, 4) is 0 Å². The average molecular weight is 176 g/mol. The van der Waals surface area contributed by atoms with Gasteiger partial charge in [-0.25, -0.2) is 4.39 Å². The molecule has 0 saturated heterocycles. The van der Waals surface area contributed by atoms with Crippen molar-refractivity contribution in [1.29, 1.82) is 0 Å². The van der Waals surface area contributed by atoms with Crippen LogP contribution in [0.2, 0.25) is 5.02 Å². The number of aromatic nitrogens is 1. The summed E-state index contributed by atoms with van der Waals surface area (Å²) in [6.07, 6.45) is 0.402. The summed E-state index contributed by atoms with van der Waals surface area (Å²) in [7, 11) is 0. The van der Waals surface area contributed by atoms with Crippen LogP contribution in [0.5, 0.6) is 0 Å². The summed E-state index contributed by atoms with van der Waals surface area (Å²) < 4.78 is 12.8. The van der Waals surface area contributed by atoms with E-state index >= 15 is 0 Å². The Morgan fingerprint density at radius 3 is 2.82 bits per heavy atom. The first-order chi connectivity index (χ1) is 5.11. The fraction of sp³-hybridized carbons (Fsp3) is 0.286. The van der Waals surface area contributed by atoms with Crippen molar-refractivity contribution in [2.75, 3.05) is 0 Å². The van der Waals surface area contributed by atoms with Gasteiger partial charge in [0.25, 0.3) is 0 Å². The van der Waals surface area contributed by atoms with Crippen molar-refractivity contribution in [2.45, 2.75) is 13.0 Å². The smallest absolute Gasteiger partial charge is 0.148 e. The Morgan fingerprint density at radius 2 is 2.36 bits per heavy atom. The van der Waals surface area contributed by atoms with Crippen LogP contribution in [0.15, 0.2) is 12.3 Å². The number of aliphatic hydroxyl groups excluding tert-OH is 1. The molecule has 0 aliphatic heterocycles. The van der Waals surface area contributed by atoms with Crippen LogP contribution in [-0.4, -0.2) is 10.1 Å². The fourth-order valence-corrected chi connectivity index (χ4v) is 0.877. The zero-order chi connectivity index (χ0) is 8.43. The van der Waals surface area contributed by atoms with Crippen LogP contribution in [0.25, 0.3) is 0 Å². The molecule has 0 bridgehead atoms. The Bertz CT molecular complexity index is 265. The Balaban J connectivity index is 3.09. The highest BCUT2D eigenvalue weighted by Crippen LogP contribution is 2.16. The fourth-order valence-electron chi connectivity index (χ4n) is 0.733. The van der Waals surface area contributed by atoms with Gasteiger partial charge in [-0.1, -0.05) is 11.6 Å². The zero-order valence-corrected chi connectivity index (χ0v) is 6.64. The SMILES string of the molecule is C[C@H](O)c1ncc(Cl)cc1F. The predicted octanol–water partition coefficient (Wildman–Crippen LogP) is 1.93. The molecule has 1 rings (SSSR count). The molecule has 1 N–H and O–H groups in total. The molecule has 0 aromatic carbocycles. The maximum atomic E-state index is 12.8. The molecule has 0 saturated carbocycles. The third-order valence-electron chi connectivity index (χ3n) is 1.23. The molecule has 0 radical (unpaired) electrons. The number of rotatable bonds is 1. The number of halogens is 2. The molecule has 0 amide bonds. The molecule has 1 aromatic heterocycles. The van der Waals surface area contributed by atoms with Crippen molar-refractivity contribution < 1.29 is 9.50 Å². The molecule has 4 heteroatoms. The average Bonchev–Trinajstić information content (AvgIpc) is 1.85. The molecule has 2 nitrogen and oxygen atoms in total. The van der Waals surface area contributed by atoms with Gasteiger partial charge in [-0.2, -0.15) is 0 Å². The van der Waals surface area contributed by atoms with Crippen molar-refractivity contribution in [1.82, 2.24) is 4.98 Å². The lowest BCUT2D eigenvalue weighted by molar-refractivity contribution is 0.188. The lowest BCUT2D eigenvalue weighted by Gasteiger charge is -2.03. The van der Waals surface area contributed by atoms with Gasteiger partial charge in [0.2, 0.25) is 0 Å². The number of hydrogen-bond acceptors (Lipinski definition) is 2. The van der Waals surface area contributed by atoms with E-state index in [9.17, 15) is 4.39 Å². The molecule has 11 heavy (non-hydrogen) atoms. The second-order valence-electron chi connectivity index (χ2n) is 2.20. The first-order valence-corrected chi connectivity index (χ1v) is 3.48. The molecule has 0 unspecified atom stereocenters. The minimum atomic E-state index is -0.896. The van der Waals surface area contributed by atoms with E-state index in [1.165, 1.54) is 13.1 Å². The summed E-state index contributed by atoms with van der Waals surface area (Å²) in [6.45, 7) is 1.44. The van der Waals surface area contributed by atoms with Crippen LogP contribution in [-0.2, 0) is 0 Å². The van der Waals surface area contributed by atoms with E-state index in [1.54, 1.807) is 0 Å². The molecule has 60 valence electrons. The van der Waals surface area contributed by atoms with Gasteiger partial charge >= 0.3 is 0 Å². The number of hydrogen-bond donors (Lipinski definition) is 1. The minimum absolute atomic E-state index is 0.0226. The number of aliphatic hydroxyl groups is 1. The molecule has 0 aliphatic rings. The van der Waals surface area contributed by atoms with Crippen LogP contribution in [0.3, 0.4) is 0 Å². The Morgan fingerprint density at radius 1 is 1.73 bits per heavy atom. The first kappa shape index (κ1) is 8.43. The monoisotopic (exact) mass is 175 g/mol. The van der Waals surface area contributed by atoms with Crippen LogP contribution < -0.4 is 0 Å². The number of pyridine rings is 1. The molecule has 1 heterocycles. The first-order valence-electron chi connectivity index (χ1n) is 3.10. The highest BCUT2D eigenvalue weighted by Gasteiger charge is 2.08. The molecular formula is C7H7ClFNO. The van der Waals surface area contributed by atoms with Crippen LogP contribution in [0, 0.1) is 5.82 Å². The molecule has 0 aliphatic carbocycles. The van der Waals surface area contributed by atoms with E-state index in [2.05, 4.69) is 4.98 Å². The van der Waals surface area contributed by atoms with Crippen LogP contribution in [0.4, 0.5) is 4.39 Å². The van der Waals surface area contributed by atoms with Gasteiger partial charge in [-0.3, -0.25) is 4.98 Å². The summed E-state index contributed by atoms with van der Waals surface area (Å²) in [5.74, 6) is -0.576. The normalized spacial score (nSPS) is 13.1. The Kier molecular flexibility index (Phi) is 2.42. The van der Waals surface area contributed by atoms with E-state index in [1.807, 2.05) is 0 Å². The van der Waals surface area contributed by atoms with Crippen molar-refractivity contribution in [3.05, 3.63) is 28.8 Å². The molecular weight excluding hydrogens is 169 g/mol. The Labute approximate surface area is 68.6 Å². The largest absolute Gasteiger partial charge is 0.387 e. The molecule has 1 atom stereocenters. The highest BCUT2D eigenvalue weighted by atomic mass is 35.5. The lowest BCUT2D eigenvalue weighted by atomic mass is 10.2. The van der Waals surface area contributed by atoms with Gasteiger partial charge in [0, 0.05) is 6.20 Å². The summed E-state index contributed by atoms with van der Waals surface area (Å²) in [4.78, 5) is 3.62. The third-order valence-corrected chi connectivity index (χ3v) is 1.44. The van der Waals surface area contributed by atoms with Crippen LogP contribution >= 0.6 is 11.6 Å². The topological polar surface area (TPSA) is 33.1 Å². The zero-order valence-electron chi connectivity index (χ0n) is 5.88. The number of nitrogens with zero attached hydrogens (tertiary/aromatic N) is 1. The predicted molar refractivity (Wildman–Crippen MR) is 39.8 cm³/mol.